The monoisotopic (exact) mass is 278 g/mol. The van der Waals surface area contributed by atoms with Crippen molar-refractivity contribution in [3.8, 4) is 0 Å². The lowest BCUT2D eigenvalue weighted by Crippen LogP contribution is -2.37. The van der Waals surface area contributed by atoms with E-state index in [0.717, 1.165) is 19.1 Å². The Morgan fingerprint density at radius 3 is 2.80 bits per heavy atom. The smallest absolute Gasteiger partial charge is 0.0722 e. The van der Waals surface area contributed by atoms with Gasteiger partial charge in [0.25, 0.3) is 0 Å². The summed E-state index contributed by atoms with van der Waals surface area (Å²) in [6, 6.07) is 0.717. The minimum Gasteiger partial charge on any atom is -0.311 e. The van der Waals surface area contributed by atoms with Gasteiger partial charge in [-0.25, -0.2) is 0 Å². The molecule has 0 saturated carbocycles. The molecule has 114 valence electrons. The zero-order chi connectivity index (χ0) is 14.8. The number of aromatic nitrogens is 2. The SMILES string of the molecule is CCN1CCCC1CNCc1cn(C)nc1C(C)(C)C. The molecule has 0 radical (unpaired) electrons. The average molecular weight is 278 g/mol. The first-order valence-electron chi connectivity index (χ1n) is 7.89. The van der Waals surface area contributed by atoms with Gasteiger partial charge in [0.15, 0.2) is 0 Å². The third-order valence-electron chi connectivity index (χ3n) is 4.22. The molecule has 0 amide bonds. The van der Waals surface area contributed by atoms with E-state index in [9.17, 15) is 0 Å². The van der Waals surface area contributed by atoms with Crippen molar-refractivity contribution in [1.29, 1.82) is 0 Å². The molecule has 1 atom stereocenters. The molecule has 2 rings (SSSR count). The summed E-state index contributed by atoms with van der Waals surface area (Å²) in [5.41, 5.74) is 2.66. The predicted octanol–water partition coefficient (Wildman–Crippen LogP) is 2.29. The van der Waals surface area contributed by atoms with E-state index in [1.807, 2.05) is 11.7 Å². The number of nitrogens with one attached hydrogen (secondary N) is 1. The summed E-state index contributed by atoms with van der Waals surface area (Å²) in [6.07, 6.45) is 4.83. The Morgan fingerprint density at radius 1 is 1.40 bits per heavy atom. The molecular weight excluding hydrogens is 248 g/mol. The molecule has 1 unspecified atom stereocenters. The minimum absolute atomic E-state index is 0.112. The van der Waals surface area contributed by atoms with Crippen molar-refractivity contribution in [3.05, 3.63) is 17.5 Å². The number of likely N-dealkylation sites (N-methyl/N-ethyl adjacent to an activating group) is 1. The molecule has 1 aliphatic heterocycles. The number of nitrogens with zero attached hydrogens (tertiary/aromatic N) is 3. The lowest BCUT2D eigenvalue weighted by molar-refractivity contribution is 0.260. The Labute approximate surface area is 123 Å². The van der Waals surface area contributed by atoms with Crippen LogP contribution in [0.2, 0.25) is 0 Å². The van der Waals surface area contributed by atoms with Crippen LogP contribution in [0.4, 0.5) is 0 Å². The highest BCUT2D eigenvalue weighted by Crippen LogP contribution is 2.24. The zero-order valence-corrected chi connectivity index (χ0v) is 13.7. The molecule has 1 aromatic heterocycles. The van der Waals surface area contributed by atoms with Gasteiger partial charge in [-0.1, -0.05) is 27.7 Å². The second-order valence-corrected chi connectivity index (χ2v) is 6.98. The van der Waals surface area contributed by atoms with Gasteiger partial charge in [0.2, 0.25) is 0 Å². The van der Waals surface area contributed by atoms with Gasteiger partial charge in [0, 0.05) is 43.4 Å². The third kappa shape index (κ3) is 3.61. The maximum absolute atomic E-state index is 4.63. The summed E-state index contributed by atoms with van der Waals surface area (Å²) in [5, 5.41) is 8.27. The van der Waals surface area contributed by atoms with Crippen LogP contribution in [0.3, 0.4) is 0 Å². The van der Waals surface area contributed by atoms with Crippen LogP contribution in [-0.2, 0) is 19.0 Å². The number of aryl methyl sites for hydroxylation is 1. The highest BCUT2D eigenvalue weighted by atomic mass is 15.3. The van der Waals surface area contributed by atoms with Crippen LogP contribution in [0.1, 0.15) is 51.8 Å². The third-order valence-corrected chi connectivity index (χ3v) is 4.22. The molecule has 0 spiro atoms. The van der Waals surface area contributed by atoms with Gasteiger partial charge in [0.05, 0.1) is 5.69 Å². The molecular formula is C16H30N4. The second kappa shape index (κ2) is 6.27. The zero-order valence-electron chi connectivity index (χ0n) is 13.7. The van der Waals surface area contributed by atoms with E-state index in [1.165, 1.54) is 37.2 Å². The topological polar surface area (TPSA) is 33.1 Å². The van der Waals surface area contributed by atoms with Gasteiger partial charge in [-0.2, -0.15) is 5.10 Å². The fraction of sp³-hybridized carbons (Fsp3) is 0.812. The van der Waals surface area contributed by atoms with Gasteiger partial charge >= 0.3 is 0 Å². The maximum atomic E-state index is 4.63. The molecule has 20 heavy (non-hydrogen) atoms. The van der Waals surface area contributed by atoms with Crippen molar-refractivity contribution in [1.82, 2.24) is 20.0 Å². The largest absolute Gasteiger partial charge is 0.311 e. The fourth-order valence-corrected chi connectivity index (χ4v) is 3.21. The van der Waals surface area contributed by atoms with E-state index >= 15 is 0 Å². The van der Waals surface area contributed by atoms with Crippen LogP contribution < -0.4 is 5.32 Å². The number of likely N-dealkylation sites (tertiary alicyclic amines) is 1. The normalized spacial score (nSPS) is 20.8. The molecule has 0 aliphatic carbocycles. The molecule has 0 bridgehead atoms. The number of hydrogen-bond donors (Lipinski definition) is 1. The quantitative estimate of drug-likeness (QED) is 0.897. The average Bonchev–Trinajstić information content (AvgIpc) is 2.95. The first-order valence-corrected chi connectivity index (χ1v) is 7.89. The van der Waals surface area contributed by atoms with Crippen molar-refractivity contribution in [3.63, 3.8) is 0 Å². The Balaban J connectivity index is 1.91. The van der Waals surface area contributed by atoms with Crippen LogP contribution in [0.5, 0.6) is 0 Å². The highest BCUT2D eigenvalue weighted by Gasteiger charge is 2.24. The second-order valence-electron chi connectivity index (χ2n) is 6.98. The van der Waals surface area contributed by atoms with Gasteiger partial charge in [-0.05, 0) is 25.9 Å². The van der Waals surface area contributed by atoms with Gasteiger partial charge < -0.3 is 5.32 Å². The van der Waals surface area contributed by atoms with E-state index in [4.69, 9.17) is 0 Å². The lowest BCUT2D eigenvalue weighted by atomic mass is 9.89. The summed E-state index contributed by atoms with van der Waals surface area (Å²) < 4.78 is 1.94. The first-order chi connectivity index (χ1) is 9.41. The van der Waals surface area contributed by atoms with E-state index < -0.39 is 0 Å². The molecule has 2 heterocycles. The predicted molar refractivity (Wildman–Crippen MR) is 83.9 cm³/mol. The van der Waals surface area contributed by atoms with E-state index in [2.05, 4.69) is 49.2 Å². The number of rotatable bonds is 5. The molecule has 4 nitrogen and oxygen atoms in total. The lowest BCUT2D eigenvalue weighted by Gasteiger charge is -2.23. The highest BCUT2D eigenvalue weighted by molar-refractivity contribution is 5.23. The molecule has 1 aromatic rings. The Hall–Kier alpha value is -0.870. The molecule has 4 heteroatoms. The summed E-state index contributed by atoms with van der Waals surface area (Å²) in [6.45, 7) is 13.4. The summed E-state index contributed by atoms with van der Waals surface area (Å²) >= 11 is 0. The van der Waals surface area contributed by atoms with Crippen LogP contribution in [0, 0.1) is 0 Å². The number of hydrogen-bond acceptors (Lipinski definition) is 3. The minimum atomic E-state index is 0.112. The van der Waals surface area contributed by atoms with Crippen molar-refractivity contribution >= 4 is 0 Å². The van der Waals surface area contributed by atoms with E-state index in [1.54, 1.807) is 0 Å². The van der Waals surface area contributed by atoms with Gasteiger partial charge in [-0.3, -0.25) is 9.58 Å². The van der Waals surface area contributed by atoms with E-state index in [-0.39, 0.29) is 5.41 Å². The van der Waals surface area contributed by atoms with Gasteiger partial charge in [-0.15, -0.1) is 0 Å². The molecule has 1 fully saturated rings. The summed E-state index contributed by atoms with van der Waals surface area (Å²) in [7, 11) is 2.01. The Kier molecular flexibility index (Phi) is 4.86. The summed E-state index contributed by atoms with van der Waals surface area (Å²) in [4.78, 5) is 2.58. The molecule has 1 saturated heterocycles. The van der Waals surface area contributed by atoms with E-state index in [0.29, 0.717) is 0 Å². The molecule has 1 N–H and O–H groups in total. The van der Waals surface area contributed by atoms with Crippen molar-refractivity contribution in [2.24, 2.45) is 7.05 Å². The van der Waals surface area contributed by atoms with Crippen LogP contribution >= 0.6 is 0 Å². The van der Waals surface area contributed by atoms with Crippen molar-refractivity contribution < 1.29 is 0 Å². The molecule has 0 aromatic carbocycles. The summed E-state index contributed by atoms with van der Waals surface area (Å²) in [5.74, 6) is 0. The standard InChI is InChI=1S/C16H30N4/c1-6-20-9-7-8-14(20)11-17-10-13-12-19(5)18-15(13)16(2,3)4/h12,14,17H,6-11H2,1-5H3. The fourth-order valence-electron chi connectivity index (χ4n) is 3.21. The van der Waals surface area contributed by atoms with Crippen LogP contribution in [-0.4, -0.2) is 40.4 Å². The first kappa shape index (κ1) is 15.5. The van der Waals surface area contributed by atoms with Crippen LogP contribution in [0.25, 0.3) is 0 Å². The maximum Gasteiger partial charge on any atom is 0.0722 e. The van der Waals surface area contributed by atoms with Crippen LogP contribution in [0.15, 0.2) is 6.20 Å². The Morgan fingerprint density at radius 2 is 2.15 bits per heavy atom. The Bertz CT molecular complexity index is 430. The molecule has 1 aliphatic rings. The van der Waals surface area contributed by atoms with Crippen molar-refractivity contribution in [2.75, 3.05) is 19.6 Å². The van der Waals surface area contributed by atoms with Gasteiger partial charge in [0.1, 0.15) is 0 Å². The van der Waals surface area contributed by atoms with Crippen molar-refractivity contribution in [2.45, 2.75) is 58.5 Å².